The first-order valence-electron chi connectivity index (χ1n) is 8.70. The predicted octanol–water partition coefficient (Wildman–Crippen LogP) is 4.06. The van der Waals surface area contributed by atoms with Gasteiger partial charge in [-0.15, -0.1) is 11.3 Å². The highest BCUT2D eigenvalue weighted by molar-refractivity contribution is 7.13. The molecule has 4 rings (SSSR count). The molecule has 0 saturated heterocycles. The van der Waals surface area contributed by atoms with Crippen molar-refractivity contribution < 1.29 is 9.18 Å². The van der Waals surface area contributed by atoms with Gasteiger partial charge < -0.3 is 5.32 Å². The molecule has 0 aliphatic heterocycles. The zero-order valence-corrected chi connectivity index (χ0v) is 16.1. The molecule has 4 aromatic rings. The average molecular weight is 406 g/mol. The lowest BCUT2D eigenvalue weighted by Crippen LogP contribution is -2.27. The number of carbonyl (C=O) groups excluding carboxylic acids is 1. The van der Waals surface area contributed by atoms with Crippen molar-refractivity contribution in [2.75, 3.05) is 5.32 Å². The Morgan fingerprint density at radius 1 is 1.14 bits per heavy atom. The molecule has 0 fully saturated rings. The van der Waals surface area contributed by atoms with Crippen LogP contribution in [0.2, 0.25) is 0 Å². The maximum absolute atomic E-state index is 14.1. The zero-order chi connectivity index (χ0) is 20.4. The highest BCUT2D eigenvalue weighted by atomic mass is 32.1. The Hall–Kier alpha value is -3.65. The monoisotopic (exact) mass is 406 g/mol. The minimum atomic E-state index is -0.665. The first-order valence-corrected chi connectivity index (χ1v) is 9.58. The van der Waals surface area contributed by atoms with E-state index in [1.807, 2.05) is 17.5 Å². The molecule has 8 heteroatoms. The molecule has 1 N–H and O–H groups in total. The van der Waals surface area contributed by atoms with E-state index in [4.69, 9.17) is 0 Å². The second-order valence-corrected chi connectivity index (χ2v) is 7.13. The molecule has 2 aromatic heterocycles. The summed E-state index contributed by atoms with van der Waals surface area (Å²) in [7, 11) is 0. The third-order valence-corrected chi connectivity index (χ3v) is 5.05. The van der Waals surface area contributed by atoms with Crippen LogP contribution in [-0.2, 0) is 0 Å². The van der Waals surface area contributed by atoms with Crippen molar-refractivity contribution in [3.05, 3.63) is 93.6 Å². The van der Waals surface area contributed by atoms with Crippen LogP contribution in [0.3, 0.4) is 0 Å². The maximum atomic E-state index is 14.1. The fourth-order valence-electron chi connectivity index (χ4n) is 2.82. The molecular weight excluding hydrogens is 391 g/mol. The van der Waals surface area contributed by atoms with E-state index in [1.165, 1.54) is 34.2 Å². The number of benzene rings is 2. The lowest BCUT2D eigenvalue weighted by atomic mass is 10.2. The minimum Gasteiger partial charge on any atom is -0.320 e. The number of rotatable bonds is 4. The lowest BCUT2D eigenvalue weighted by molar-refractivity contribution is 0.101. The standard InChI is InChI=1S/C21H15FN4O2S/c1-13-12-18(27)19(25-26(13)17-5-3-2-4-16(17)22)20(28)24-15-8-6-14(7-9-15)21-23-10-11-29-21/h2-12H,1H3,(H,24,28). The van der Waals surface area contributed by atoms with Gasteiger partial charge in [-0.2, -0.15) is 5.10 Å². The normalized spacial score (nSPS) is 10.7. The second-order valence-electron chi connectivity index (χ2n) is 6.23. The number of halogens is 1. The van der Waals surface area contributed by atoms with Crippen molar-refractivity contribution in [3.63, 3.8) is 0 Å². The Bertz CT molecular complexity index is 1230. The number of amides is 1. The number of anilines is 1. The molecule has 0 spiro atoms. The molecule has 29 heavy (non-hydrogen) atoms. The summed E-state index contributed by atoms with van der Waals surface area (Å²) in [4.78, 5) is 29.2. The van der Waals surface area contributed by atoms with Crippen LogP contribution in [0.4, 0.5) is 10.1 Å². The molecule has 144 valence electrons. The highest BCUT2D eigenvalue weighted by Crippen LogP contribution is 2.23. The van der Waals surface area contributed by atoms with E-state index in [-0.39, 0.29) is 11.4 Å². The fourth-order valence-corrected chi connectivity index (χ4v) is 3.47. The summed E-state index contributed by atoms with van der Waals surface area (Å²) < 4.78 is 15.4. The molecule has 6 nitrogen and oxygen atoms in total. The minimum absolute atomic E-state index is 0.159. The summed E-state index contributed by atoms with van der Waals surface area (Å²) in [6.07, 6.45) is 1.72. The van der Waals surface area contributed by atoms with Crippen LogP contribution in [0, 0.1) is 12.7 Å². The molecule has 0 unspecified atom stereocenters. The van der Waals surface area contributed by atoms with Crippen LogP contribution in [0.25, 0.3) is 16.3 Å². The SMILES string of the molecule is Cc1cc(=O)c(C(=O)Nc2ccc(-c3nccs3)cc2)nn1-c1ccccc1F. The van der Waals surface area contributed by atoms with Crippen LogP contribution >= 0.6 is 11.3 Å². The van der Waals surface area contributed by atoms with Crippen molar-refractivity contribution in [2.45, 2.75) is 6.92 Å². The molecule has 0 atom stereocenters. The summed E-state index contributed by atoms with van der Waals surface area (Å²) >= 11 is 1.51. The number of para-hydroxylation sites is 1. The molecule has 0 bridgehead atoms. The average Bonchev–Trinajstić information content (AvgIpc) is 3.24. The van der Waals surface area contributed by atoms with E-state index in [9.17, 15) is 14.0 Å². The van der Waals surface area contributed by atoms with Gasteiger partial charge in [0.1, 0.15) is 16.5 Å². The van der Waals surface area contributed by atoms with Crippen molar-refractivity contribution in [1.82, 2.24) is 14.8 Å². The van der Waals surface area contributed by atoms with Crippen LogP contribution in [-0.4, -0.2) is 20.7 Å². The van der Waals surface area contributed by atoms with Crippen molar-refractivity contribution >= 4 is 22.9 Å². The number of nitrogens with one attached hydrogen (secondary N) is 1. The Morgan fingerprint density at radius 3 is 2.59 bits per heavy atom. The first-order chi connectivity index (χ1) is 14.0. The zero-order valence-electron chi connectivity index (χ0n) is 15.3. The molecule has 2 heterocycles. The van der Waals surface area contributed by atoms with Gasteiger partial charge in [0.15, 0.2) is 5.69 Å². The van der Waals surface area contributed by atoms with Crippen molar-refractivity contribution in [2.24, 2.45) is 0 Å². The summed E-state index contributed by atoms with van der Waals surface area (Å²) in [5.41, 5.74) is 1.16. The van der Waals surface area contributed by atoms with Gasteiger partial charge in [0.05, 0.1) is 0 Å². The molecule has 0 aliphatic carbocycles. The van der Waals surface area contributed by atoms with Gasteiger partial charge in [0.2, 0.25) is 5.43 Å². The van der Waals surface area contributed by atoms with E-state index >= 15 is 0 Å². The fraction of sp³-hybridized carbons (Fsp3) is 0.0476. The lowest BCUT2D eigenvalue weighted by Gasteiger charge is -2.12. The third-order valence-electron chi connectivity index (χ3n) is 4.23. The summed E-state index contributed by atoms with van der Waals surface area (Å²) in [6.45, 7) is 1.62. The van der Waals surface area contributed by atoms with Crippen LogP contribution < -0.4 is 10.7 Å². The van der Waals surface area contributed by atoms with Gasteiger partial charge in [0.25, 0.3) is 5.91 Å². The Labute approximate surface area is 169 Å². The third kappa shape index (κ3) is 3.83. The van der Waals surface area contributed by atoms with Crippen molar-refractivity contribution in [1.29, 1.82) is 0 Å². The van der Waals surface area contributed by atoms with E-state index < -0.39 is 17.2 Å². The number of thiazole rings is 1. The van der Waals surface area contributed by atoms with E-state index in [0.29, 0.717) is 11.4 Å². The molecule has 0 radical (unpaired) electrons. The van der Waals surface area contributed by atoms with E-state index in [0.717, 1.165) is 10.6 Å². The van der Waals surface area contributed by atoms with Gasteiger partial charge in [-0.05, 0) is 43.3 Å². The van der Waals surface area contributed by atoms with Gasteiger partial charge in [-0.1, -0.05) is 12.1 Å². The van der Waals surface area contributed by atoms with Crippen LogP contribution in [0.15, 0.2) is 71.0 Å². The van der Waals surface area contributed by atoms with Crippen LogP contribution in [0.1, 0.15) is 16.2 Å². The van der Waals surface area contributed by atoms with Gasteiger partial charge >= 0.3 is 0 Å². The summed E-state index contributed by atoms with van der Waals surface area (Å²) in [6, 6.07) is 14.4. The molecule has 2 aromatic carbocycles. The number of hydrogen-bond donors (Lipinski definition) is 1. The largest absolute Gasteiger partial charge is 0.320 e. The first kappa shape index (κ1) is 18.7. The number of nitrogens with zero attached hydrogens (tertiary/aromatic N) is 3. The summed E-state index contributed by atoms with van der Waals surface area (Å²) in [5.74, 6) is -1.17. The molecule has 1 amide bonds. The summed E-state index contributed by atoms with van der Waals surface area (Å²) in [5, 5.41) is 9.51. The molecular formula is C21H15FN4O2S. The predicted molar refractivity (Wildman–Crippen MR) is 110 cm³/mol. The number of aromatic nitrogens is 3. The van der Waals surface area contributed by atoms with E-state index in [1.54, 1.807) is 37.4 Å². The Morgan fingerprint density at radius 2 is 1.90 bits per heavy atom. The van der Waals surface area contributed by atoms with Crippen molar-refractivity contribution in [3.8, 4) is 16.3 Å². The van der Waals surface area contributed by atoms with Gasteiger partial charge in [0, 0.05) is 34.6 Å². The van der Waals surface area contributed by atoms with E-state index in [2.05, 4.69) is 15.4 Å². The van der Waals surface area contributed by atoms with Crippen LogP contribution in [0.5, 0.6) is 0 Å². The topological polar surface area (TPSA) is 76.9 Å². The maximum Gasteiger partial charge on any atom is 0.280 e. The number of hydrogen-bond acceptors (Lipinski definition) is 5. The Kier molecular flexibility index (Phi) is 5.01. The molecule has 0 saturated carbocycles. The number of aryl methyl sites for hydroxylation is 1. The smallest absolute Gasteiger partial charge is 0.280 e. The van der Waals surface area contributed by atoms with Gasteiger partial charge in [-0.25, -0.2) is 14.1 Å². The quantitative estimate of drug-likeness (QED) is 0.555. The highest BCUT2D eigenvalue weighted by Gasteiger charge is 2.17. The second kappa shape index (κ2) is 7.76. The molecule has 0 aliphatic rings. The number of carbonyl (C=O) groups is 1. The Balaban J connectivity index is 1.63. The van der Waals surface area contributed by atoms with Gasteiger partial charge in [-0.3, -0.25) is 9.59 Å².